The first-order chi connectivity index (χ1) is 9.26. The molecule has 110 valence electrons. The van der Waals surface area contributed by atoms with Crippen LogP contribution in [0.15, 0.2) is 30.3 Å². The van der Waals surface area contributed by atoms with Crippen molar-refractivity contribution in [2.75, 3.05) is 27.7 Å². The maximum absolute atomic E-state index is 11.9. The summed E-state index contributed by atoms with van der Waals surface area (Å²) in [5.41, 5.74) is 0.858. The van der Waals surface area contributed by atoms with Crippen molar-refractivity contribution in [2.45, 2.75) is 18.9 Å². The maximum atomic E-state index is 11.9. The van der Waals surface area contributed by atoms with Crippen LogP contribution in [0.2, 0.25) is 0 Å². The van der Waals surface area contributed by atoms with Crippen LogP contribution in [0.1, 0.15) is 12.0 Å². The summed E-state index contributed by atoms with van der Waals surface area (Å²) in [7, 11) is 5.79. The van der Waals surface area contributed by atoms with Crippen molar-refractivity contribution in [3.05, 3.63) is 35.9 Å². The smallest absolute Gasteiger partial charge is 0.310 e. The molecule has 1 atom stereocenters. The number of carbonyl (C=O) groups is 2. The Labute approximate surface area is 119 Å². The first-order valence-corrected chi connectivity index (χ1v) is 6.52. The molecule has 0 aliphatic rings. The van der Waals surface area contributed by atoms with Crippen LogP contribution in [0.3, 0.4) is 0 Å². The SMILES string of the molecule is C[N+](C)(C)CC(CC(=O)O)OC(=O)Cc1ccccc1. The van der Waals surface area contributed by atoms with Crippen molar-refractivity contribution in [3.63, 3.8) is 0 Å². The van der Waals surface area contributed by atoms with Crippen LogP contribution >= 0.6 is 0 Å². The fourth-order valence-corrected chi connectivity index (χ4v) is 1.94. The number of carboxylic acid groups (broad SMARTS) is 1. The molecule has 0 fully saturated rings. The summed E-state index contributed by atoms with van der Waals surface area (Å²) < 4.78 is 5.84. The van der Waals surface area contributed by atoms with E-state index in [2.05, 4.69) is 0 Å². The average molecular weight is 280 g/mol. The Morgan fingerprint density at radius 2 is 1.80 bits per heavy atom. The molecule has 1 aromatic carbocycles. The third-order valence-corrected chi connectivity index (χ3v) is 2.64. The topological polar surface area (TPSA) is 63.6 Å². The summed E-state index contributed by atoms with van der Waals surface area (Å²) in [6.45, 7) is 0.465. The van der Waals surface area contributed by atoms with Crippen LogP contribution in [0.5, 0.6) is 0 Å². The van der Waals surface area contributed by atoms with Crippen molar-refractivity contribution in [3.8, 4) is 0 Å². The molecule has 0 spiro atoms. The molecule has 20 heavy (non-hydrogen) atoms. The van der Waals surface area contributed by atoms with Crippen LogP contribution in [-0.2, 0) is 20.7 Å². The molecule has 0 aromatic heterocycles. The van der Waals surface area contributed by atoms with Crippen LogP contribution in [0.4, 0.5) is 0 Å². The molecule has 0 aliphatic carbocycles. The highest BCUT2D eigenvalue weighted by Gasteiger charge is 2.24. The zero-order chi connectivity index (χ0) is 15.2. The van der Waals surface area contributed by atoms with Gasteiger partial charge in [0.1, 0.15) is 6.54 Å². The molecule has 5 nitrogen and oxygen atoms in total. The Morgan fingerprint density at radius 1 is 1.20 bits per heavy atom. The van der Waals surface area contributed by atoms with Gasteiger partial charge in [-0.05, 0) is 5.56 Å². The van der Waals surface area contributed by atoms with Gasteiger partial charge in [-0.3, -0.25) is 9.59 Å². The predicted molar refractivity (Wildman–Crippen MR) is 75.2 cm³/mol. The van der Waals surface area contributed by atoms with E-state index in [-0.39, 0.29) is 12.8 Å². The van der Waals surface area contributed by atoms with Crippen LogP contribution in [0.25, 0.3) is 0 Å². The zero-order valence-electron chi connectivity index (χ0n) is 12.2. The van der Waals surface area contributed by atoms with Gasteiger partial charge in [0.15, 0.2) is 6.10 Å². The number of rotatable bonds is 7. The van der Waals surface area contributed by atoms with Crippen molar-refractivity contribution < 1.29 is 23.9 Å². The number of carbonyl (C=O) groups excluding carboxylic acids is 1. The van der Waals surface area contributed by atoms with Crippen LogP contribution in [0, 0.1) is 0 Å². The van der Waals surface area contributed by atoms with E-state index < -0.39 is 18.0 Å². The number of ether oxygens (including phenoxy) is 1. The highest BCUT2D eigenvalue weighted by Crippen LogP contribution is 2.08. The minimum Gasteiger partial charge on any atom is -0.481 e. The van der Waals surface area contributed by atoms with Gasteiger partial charge in [-0.2, -0.15) is 0 Å². The van der Waals surface area contributed by atoms with Crippen molar-refractivity contribution >= 4 is 11.9 Å². The maximum Gasteiger partial charge on any atom is 0.310 e. The second-order valence-corrected chi connectivity index (χ2v) is 5.85. The fraction of sp³-hybridized carbons (Fsp3) is 0.467. The van der Waals surface area contributed by atoms with Crippen LogP contribution < -0.4 is 0 Å². The molecule has 0 saturated carbocycles. The largest absolute Gasteiger partial charge is 0.481 e. The average Bonchev–Trinajstić information content (AvgIpc) is 2.26. The Kier molecular flexibility index (Phi) is 5.70. The number of esters is 1. The van der Waals surface area contributed by atoms with Gasteiger partial charge in [0, 0.05) is 0 Å². The lowest BCUT2D eigenvalue weighted by atomic mass is 10.1. The number of nitrogens with zero attached hydrogens (tertiary/aromatic N) is 1. The second kappa shape index (κ2) is 7.05. The Balaban J connectivity index is 2.59. The molecule has 0 heterocycles. The van der Waals surface area contributed by atoms with Crippen molar-refractivity contribution in [1.82, 2.24) is 0 Å². The molecule has 1 N–H and O–H groups in total. The molecule has 0 aliphatic heterocycles. The molecule has 0 saturated heterocycles. The molecule has 1 rings (SSSR count). The summed E-state index contributed by atoms with van der Waals surface area (Å²) in [4.78, 5) is 22.7. The summed E-state index contributed by atoms with van der Waals surface area (Å²) in [6, 6.07) is 9.26. The van der Waals surface area contributed by atoms with E-state index in [1.807, 2.05) is 51.5 Å². The number of benzene rings is 1. The Morgan fingerprint density at radius 3 is 2.30 bits per heavy atom. The molecular formula is C15H22NO4+. The summed E-state index contributed by atoms with van der Waals surface area (Å²) >= 11 is 0. The molecule has 1 aromatic rings. The van der Waals surface area contributed by atoms with Gasteiger partial charge >= 0.3 is 11.9 Å². The second-order valence-electron chi connectivity index (χ2n) is 5.85. The lowest BCUT2D eigenvalue weighted by Gasteiger charge is -2.28. The van der Waals surface area contributed by atoms with Gasteiger partial charge in [0.2, 0.25) is 0 Å². The number of aliphatic carboxylic acids is 1. The number of hydrogen-bond acceptors (Lipinski definition) is 3. The van der Waals surface area contributed by atoms with E-state index in [4.69, 9.17) is 9.84 Å². The van der Waals surface area contributed by atoms with E-state index in [1.54, 1.807) is 0 Å². The van der Waals surface area contributed by atoms with Crippen molar-refractivity contribution in [1.29, 1.82) is 0 Å². The van der Waals surface area contributed by atoms with Gasteiger partial charge in [0.05, 0.1) is 34.0 Å². The van der Waals surface area contributed by atoms with Gasteiger partial charge in [0.25, 0.3) is 0 Å². The minimum absolute atomic E-state index is 0.161. The Hall–Kier alpha value is -1.88. The molecular weight excluding hydrogens is 258 g/mol. The lowest BCUT2D eigenvalue weighted by Crippen LogP contribution is -2.44. The highest BCUT2D eigenvalue weighted by molar-refractivity contribution is 5.73. The van der Waals surface area contributed by atoms with E-state index >= 15 is 0 Å². The van der Waals surface area contributed by atoms with Crippen molar-refractivity contribution in [2.24, 2.45) is 0 Å². The number of hydrogen-bond donors (Lipinski definition) is 1. The first-order valence-electron chi connectivity index (χ1n) is 6.52. The standard InChI is InChI=1S/C15H21NO4/c1-16(2,3)11-13(10-14(17)18)20-15(19)9-12-7-5-4-6-8-12/h4-8,13H,9-11H2,1-3H3/p+1. The molecule has 1 unspecified atom stereocenters. The lowest BCUT2D eigenvalue weighted by molar-refractivity contribution is -0.873. The predicted octanol–water partition coefficient (Wildman–Crippen LogP) is 1.32. The Bertz CT molecular complexity index is 451. The summed E-state index contributed by atoms with van der Waals surface area (Å²) in [5, 5.41) is 8.89. The van der Waals surface area contributed by atoms with E-state index in [9.17, 15) is 9.59 Å². The van der Waals surface area contributed by atoms with Gasteiger partial charge in [-0.15, -0.1) is 0 Å². The number of likely N-dealkylation sites (N-methyl/N-ethyl adjacent to an activating group) is 1. The van der Waals surface area contributed by atoms with Crippen LogP contribution in [-0.4, -0.2) is 55.3 Å². The minimum atomic E-state index is -0.962. The van der Waals surface area contributed by atoms with Gasteiger partial charge < -0.3 is 14.3 Å². The van der Waals surface area contributed by atoms with Gasteiger partial charge in [-0.1, -0.05) is 30.3 Å². The number of quaternary nitrogens is 1. The number of carboxylic acids is 1. The summed E-state index contributed by atoms with van der Waals surface area (Å²) in [5.74, 6) is -1.35. The van der Waals surface area contributed by atoms with Gasteiger partial charge in [-0.25, -0.2) is 0 Å². The molecule has 0 bridgehead atoms. The third-order valence-electron chi connectivity index (χ3n) is 2.64. The first kappa shape index (κ1) is 16.2. The van der Waals surface area contributed by atoms with E-state index in [1.165, 1.54) is 0 Å². The quantitative estimate of drug-likeness (QED) is 0.604. The monoisotopic (exact) mass is 280 g/mol. The zero-order valence-corrected chi connectivity index (χ0v) is 12.2. The highest BCUT2D eigenvalue weighted by atomic mass is 16.5. The summed E-state index contributed by atoms with van der Waals surface area (Å²) in [6.07, 6.45) is -0.617. The normalized spacial score (nSPS) is 12.8. The van der Waals surface area contributed by atoms with E-state index in [0.717, 1.165) is 5.56 Å². The van der Waals surface area contributed by atoms with E-state index in [0.29, 0.717) is 11.0 Å². The fourth-order valence-electron chi connectivity index (χ4n) is 1.94. The molecule has 0 amide bonds. The molecule has 5 heteroatoms. The third kappa shape index (κ3) is 6.89. The molecule has 0 radical (unpaired) electrons.